The molecular formula is C13H11BrO2. The number of carbonyl (C=O) groups excluding carboxylic acids is 1. The molecule has 0 bridgehead atoms. The number of ketones is 1. The van der Waals surface area contributed by atoms with Gasteiger partial charge in [0.1, 0.15) is 0 Å². The summed E-state index contributed by atoms with van der Waals surface area (Å²) in [6, 6.07) is 4.91. The molecule has 0 aliphatic heterocycles. The molecule has 0 radical (unpaired) electrons. The van der Waals surface area contributed by atoms with Crippen LogP contribution in [0.3, 0.4) is 0 Å². The van der Waals surface area contributed by atoms with Gasteiger partial charge in [-0.3, -0.25) is 9.59 Å². The number of fused-ring (bicyclic) bond motifs is 1. The van der Waals surface area contributed by atoms with Crippen LogP contribution in [0.4, 0.5) is 0 Å². The first-order valence-electron chi connectivity index (χ1n) is 5.10. The third-order valence-corrected chi connectivity index (χ3v) is 3.30. The van der Waals surface area contributed by atoms with E-state index in [4.69, 9.17) is 0 Å². The SMILES string of the molecule is CC(C)c1cc2c(cc(=O)c1)C(Br)=CC2=O. The van der Waals surface area contributed by atoms with Crippen molar-refractivity contribution in [2.24, 2.45) is 0 Å². The molecule has 1 aromatic carbocycles. The topological polar surface area (TPSA) is 34.1 Å². The molecule has 0 atom stereocenters. The van der Waals surface area contributed by atoms with Gasteiger partial charge in [-0.25, -0.2) is 0 Å². The van der Waals surface area contributed by atoms with Gasteiger partial charge in [0, 0.05) is 21.7 Å². The summed E-state index contributed by atoms with van der Waals surface area (Å²) in [5.74, 6) is 0.191. The second kappa shape index (κ2) is 3.98. The first-order valence-corrected chi connectivity index (χ1v) is 5.89. The largest absolute Gasteiger partial charge is 0.290 e. The fourth-order valence-corrected chi connectivity index (χ4v) is 2.25. The van der Waals surface area contributed by atoms with Crippen molar-refractivity contribution in [1.29, 1.82) is 0 Å². The highest BCUT2D eigenvalue weighted by Crippen LogP contribution is 2.31. The van der Waals surface area contributed by atoms with Crippen LogP contribution in [0.1, 0.15) is 41.3 Å². The molecule has 0 saturated heterocycles. The van der Waals surface area contributed by atoms with Gasteiger partial charge in [-0.2, -0.15) is 0 Å². The Morgan fingerprint density at radius 2 is 1.75 bits per heavy atom. The lowest BCUT2D eigenvalue weighted by atomic mass is 10.0. The highest BCUT2D eigenvalue weighted by molar-refractivity contribution is 9.15. The number of rotatable bonds is 1. The quantitative estimate of drug-likeness (QED) is 0.791. The zero-order chi connectivity index (χ0) is 11.9. The van der Waals surface area contributed by atoms with Gasteiger partial charge in [0.25, 0.3) is 0 Å². The van der Waals surface area contributed by atoms with E-state index in [2.05, 4.69) is 15.9 Å². The van der Waals surface area contributed by atoms with Gasteiger partial charge in [-0.15, -0.1) is 0 Å². The van der Waals surface area contributed by atoms with E-state index in [1.165, 1.54) is 12.1 Å². The van der Waals surface area contributed by atoms with Gasteiger partial charge in [0.15, 0.2) is 11.2 Å². The lowest BCUT2D eigenvalue weighted by Gasteiger charge is -2.01. The molecule has 0 unspecified atom stereocenters. The normalized spacial score (nSPS) is 14.0. The summed E-state index contributed by atoms with van der Waals surface area (Å²) in [7, 11) is 0. The summed E-state index contributed by atoms with van der Waals surface area (Å²) in [5.41, 5.74) is 2.14. The van der Waals surface area contributed by atoms with Crippen molar-refractivity contribution in [3.63, 3.8) is 0 Å². The molecule has 3 heteroatoms. The Morgan fingerprint density at radius 1 is 1.06 bits per heavy atom. The van der Waals surface area contributed by atoms with E-state index in [1.54, 1.807) is 6.07 Å². The zero-order valence-corrected chi connectivity index (χ0v) is 10.7. The molecule has 0 heterocycles. The molecule has 0 aromatic heterocycles. The molecule has 16 heavy (non-hydrogen) atoms. The van der Waals surface area contributed by atoms with Gasteiger partial charge in [0.05, 0.1) is 0 Å². The van der Waals surface area contributed by atoms with Crippen molar-refractivity contribution < 1.29 is 4.79 Å². The number of carbonyl (C=O) groups is 1. The third kappa shape index (κ3) is 1.87. The van der Waals surface area contributed by atoms with Crippen LogP contribution in [0, 0.1) is 0 Å². The molecule has 2 rings (SSSR count). The van der Waals surface area contributed by atoms with Crippen LogP contribution in [0.2, 0.25) is 0 Å². The van der Waals surface area contributed by atoms with Gasteiger partial charge in [0.2, 0.25) is 0 Å². The molecule has 1 aromatic rings. The van der Waals surface area contributed by atoms with Gasteiger partial charge in [-0.05, 0) is 29.7 Å². The monoisotopic (exact) mass is 278 g/mol. The Bertz CT molecular complexity index is 556. The minimum atomic E-state index is -0.0648. The van der Waals surface area contributed by atoms with Crippen LogP contribution in [0.15, 0.2) is 29.1 Å². The molecule has 0 fully saturated rings. The lowest BCUT2D eigenvalue weighted by Crippen LogP contribution is -1.95. The first kappa shape index (κ1) is 11.3. The van der Waals surface area contributed by atoms with Crippen molar-refractivity contribution in [3.8, 4) is 0 Å². The summed E-state index contributed by atoms with van der Waals surface area (Å²) in [5, 5.41) is 0. The maximum Gasteiger partial charge on any atom is 0.187 e. The number of hydrogen-bond acceptors (Lipinski definition) is 2. The Labute approximate surface area is 102 Å². The Hall–Kier alpha value is -1.22. The van der Waals surface area contributed by atoms with Gasteiger partial charge in [-0.1, -0.05) is 29.8 Å². The summed E-state index contributed by atoms with van der Waals surface area (Å²) in [4.78, 5) is 23.3. The molecule has 2 nitrogen and oxygen atoms in total. The molecule has 0 spiro atoms. The van der Waals surface area contributed by atoms with Crippen molar-refractivity contribution in [2.75, 3.05) is 0 Å². The van der Waals surface area contributed by atoms with E-state index in [0.29, 0.717) is 15.6 Å². The number of allylic oxidation sites excluding steroid dienone is 1. The average Bonchev–Trinajstić information content (AvgIpc) is 2.38. The number of hydrogen-bond donors (Lipinski definition) is 0. The highest BCUT2D eigenvalue weighted by Gasteiger charge is 2.20. The van der Waals surface area contributed by atoms with Crippen molar-refractivity contribution in [2.45, 2.75) is 19.8 Å². The van der Waals surface area contributed by atoms with E-state index in [1.807, 2.05) is 19.9 Å². The zero-order valence-electron chi connectivity index (χ0n) is 9.08. The van der Waals surface area contributed by atoms with Crippen molar-refractivity contribution in [3.05, 3.63) is 51.2 Å². The Morgan fingerprint density at radius 3 is 2.38 bits per heavy atom. The molecular weight excluding hydrogens is 268 g/mol. The Balaban J connectivity index is 2.78. The van der Waals surface area contributed by atoms with Crippen LogP contribution in [-0.2, 0) is 0 Å². The molecule has 0 N–H and O–H groups in total. The van der Waals surface area contributed by atoms with Crippen molar-refractivity contribution in [1.82, 2.24) is 0 Å². The second-order valence-electron chi connectivity index (χ2n) is 4.17. The molecule has 82 valence electrons. The van der Waals surface area contributed by atoms with E-state index in [9.17, 15) is 9.59 Å². The van der Waals surface area contributed by atoms with Crippen LogP contribution >= 0.6 is 15.9 Å². The van der Waals surface area contributed by atoms with E-state index in [0.717, 1.165) is 5.56 Å². The molecule has 0 amide bonds. The summed E-state index contributed by atoms with van der Waals surface area (Å²) >= 11 is 3.30. The predicted octanol–water partition coefficient (Wildman–Crippen LogP) is 3.10. The number of halogens is 1. The minimum Gasteiger partial charge on any atom is -0.290 e. The summed E-state index contributed by atoms with van der Waals surface area (Å²) < 4.78 is 0.690. The maximum atomic E-state index is 11.7. The smallest absolute Gasteiger partial charge is 0.187 e. The maximum absolute atomic E-state index is 11.7. The van der Waals surface area contributed by atoms with E-state index in [-0.39, 0.29) is 17.1 Å². The fraction of sp³-hybridized carbons (Fsp3) is 0.231. The van der Waals surface area contributed by atoms with Crippen molar-refractivity contribution >= 4 is 26.2 Å². The van der Waals surface area contributed by atoms with Gasteiger partial charge >= 0.3 is 0 Å². The predicted molar refractivity (Wildman–Crippen MR) is 68.0 cm³/mol. The first-order chi connectivity index (χ1) is 7.49. The van der Waals surface area contributed by atoms with Gasteiger partial charge < -0.3 is 0 Å². The Kier molecular flexibility index (Phi) is 2.80. The fourth-order valence-electron chi connectivity index (χ4n) is 1.72. The van der Waals surface area contributed by atoms with E-state index < -0.39 is 0 Å². The minimum absolute atomic E-state index is 0.0422. The average molecular weight is 279 g/mol. The third-order valence-electron chi connectivity index (χ3n) is 2.64. The standard InChI is InChI=1S/C13H11BrO2/c1-7(2)8-3-9(15)5-10-11(4-8)13(16)6-12(10)14/h3-7H,1-2H3. The van der Waals surface area contributed by atoms with Crippen LogP contribution in [0.25, 0.3) is 4.48 Å². The summed E-state index contributed by atoms with van der Waals surface area (Å²) in [6.07, 6.45) is 1.51. The molecule has 1 aliphatic carbocycles. The van der Waals surface area contributed by atoms with Crippen LogP contribution in [-0.4, -0.2) is 5.78 Å². The second-order valence-corrected chi connectivity index (χ2v) is 5.03. The van der Waals surface area contributed by atoms with E-state index >= 15 is 0 Å². The summed E-state index contributed by atoms with van der Waals surface area (Å²) in [6.45, 7) is 4.01. The van der Waals surface area contributed by atoms with Crippen LogP contribution < -0.4 is 5.43 Å². The van der Waals surface area contributed by atoms with Crippen LogP contribution in [0.5, 0.6) is 0 Å². The lowest BCUT2D eigenvalue weighted by molar-refractivity contribution is 0.105. The molecule has 1 aliphatic rings. The highest BCUT2D eigenvalue weighted by atomic mass is 79.9. The molecule has 0 saturated carbocycles.